The topological polar surface area (TPSA) is 103 Å². The number of nitrogens with zero attached hydrogens (tertiary/aromatic N) is 1. The molecule has 1 heterocycles. The first-order valence-electron chi connectivity index (χ1n) is 10.7. The molecule has 1 aromatic carbocycles. The number of carbonyl (C=O) groups excluding carboxylic acids is 2. The molecule has 1 aromatic rings. The van der Waals surface area contributed by atoms with Crippen LogP contribution < -0.4 is 20.7 Å². The Bertz CT molecular complexity index is 884. The number of rotatable bonds is 6. The van der Waals surface area contributed by atoms with Crippen LogP contribution in [-0.2, 0) is 9.59 Å². The predicted octanol–water partition coefficient (Wildman–Crippen LogP) is 2.15. The van der Waals surface area contributed by atoms with Gasteiger partial charge < -0.3 is 20.7 Å². The van der Waals surface area contributed by atoms with Crippen molar-refractivity contribution in [2.75, 3.05) is 13.2 Å². The summed E-state index contributed by atoms with van der Waals surface area (Å²) in [6.45, 7) is 0.333. The molecule has 2 aliphatic carbocycles. The molecule has 1 saturated heterocycles. The number of hydrogen-bond acceptors (Lipinski definition) is 5. The normalized spacial score (nSPS) is 31.6. The van der Waals surface area contributed by atoms with E-state index in [0.29, 0.717) is 31.2 Å². The number of nitriles is 1. The van der Waals surface area contributed by atoms with E-state index in [1.165, 1.54) is 12.1 Å². The van der Waals surface area contributed by atoms with E-state index in [1.54, 1.807) is 0 Å². The molecule has 0 bridgehead atoms. The van der Waals surface area contributed by atoms with E-state index in [1.807, 2.05) is 0 Å². The molecule has 3 fully saturated rings. The third kappa shape index (κ3) is 4.94. The molecular weight excluding hydrogens is 423 g/mol. The summed E-state index contributed by atoms with van der Waals surface area (Å²) in [5, 5.41) is 18.3. The second-order valence-electron chi connectivity index (χ2n) is 8.66. The first-order valence-corrected chi connectivity index (χ1v) is 11.1. The molecule has 5 unspecified atom stereocenters. The first kappa shape index (κ1) is 21.8. The minimum absolute atomic E-state index is 0.000166. The average Bonchev–Trinajstić information content (AvgIpc) is 2.96. The first-order chi connectivity index (χ1) is 14.9. The Labute approximate surface area is 185 Å². The molecule has 1 aliphatic heterocycles. The Balaban J connectivity index is 1.25. The van der Waals surface area contributed by atoms with Crippen LogP contribution >= 0.6 is 11.6 Å². The van der Waals surface area contributed by atoms with Gasteiger partial charge in [0.2, 0.25) is 5.91 Å². The number of halogens is 2. The van der Waals surface area contributed by atoms with E-state index >= 15 is 0 Å². The number of piperidine rings is 1. The van der Waals surface area contributed by atoms with Crippen molar-refractivity contribution in [3.63, 3.8) is 0 Å². The van der Waals surface area contributed by atoms with Gasteiger partial charge in [-0.25, -0.2) is 4.39 Å². The summed E-state index contributed by atoms with van der Waals surface area (Å²) in [5.41, 5.74) is 0. The molecule has 2 saturated carbocycles. The largest absolute Gasteiger partial charge is 0.484 e. The standard InChI is InChI=1S/C22H26ClFN4O3/c23-16-5-2-13(7-17(16)24)31-11-21(29)27-19-8-20(15-4-3-14(15)19)28-22(30)18-6-1-12(9-25)10-26-18/h2,5,7,12,14-15,18-20,26H,1,3-4,6,8,10-11H2,(H,27,29)(H,28,30)/t12?,14?,15?,18?,19?,20-/m0/s1. The molecule has 2 amide bonds. The van der Waals surface area contributed by atoms with Crippen molar-refractivity contribution in [1.82, 2.24) is 16.0 Å². The highest BCUT2D eigenvalue weighted by molar-refractivity contribution is 6.30. The Morgan fingerprint density at radius 1 is 1.19 bits per heavy atom. The molecule has 6 atom stereocenters. The van der Waals surface area contributed by atoms with Crippen molar-refractivity contribution >= 4 is 23.4 Å². The van der Waals surface area contributed by atoms with Crippen molar-refractivity contribution in [2.24, 2.45) is 17.8 Å². The van der Waals surface area contributed by atoms with Gasteiger partial charge in [0.15, 0.2) is 6.61 Å². The lowest BCUT2D eigenvalue weighted by atomic mass is 9.73. The second kappa shape index (κ2) is 9.41. The Hall–Kier alpha value is -2.37. The molecule has 0 radical (unpaired) electrons. The maximum atomic E-state index is 13.5. The summed E-state index contributed by atoms with van der Waals surface area (Å²) >= 11 is 5.65. The number of ether oxygens (including phenoxy) is 1. The molecule has 4 rings (SSSR count). The zero-order valence-corrected chi connectivity index (χ0v) is 17.8. The second-order valence-corrected chi connectivity index (χ2v) is 9.07. The van der Waals surface area contributed by atoms with E-state index in [9.17, 15) is 14.0 Å². The van der Waals surface area contributed by atoms with Crippen LogP contribution in [0.3, 0.4) is 0 Å². The summed E-state index contributed by atoms with van der Waals surface area (Å²) in [6, 6.07) is 6.06. The summed E-state index contributed by atoms with van der Waals surface area (Å²) in [5.74, 6) is 0.0513. The monoisotopic (exact) mass is 448 g/mol. The van der Waals surface area contributed by atoms with E-state index in [4.69, 9.17) is 21.6 Å². The van der Waals surface area contributed by atoms with Crippen molar-refractivity contribution < 1.29 is 18.7 Å². The summed E-state index contributed by atoms with van der Waals surface area (Å²) in [6.07, 6.45) is 4.14. The fourth-order valence-corrected chi connectivity index (χ4v) is 5.06. The molecule has 3 N–H and O–H groups in total. The van der Waals surface area contributed by atoms with Crippen molar-refractivity contribution in [2.45, 2.75) is 50.2 Å². The Morgan fingerprint density at radius 3 is 2.55 bits per heavy atom. The van der Waals surface area contributed by atoms with Gasteiger partial charge in [-0.2, -0.15) is 5.26 Å². The SMILES string of the molecule is N#CC1CCC(C(=O)N[C@H]2CC(NC(=O)COc3ccc(Cl)c(F)c3)C3CCC32)NC1. The number of nitrogens with one attached hydrogen (secondary N) is 3. The minimum atomic E-state index is -0.595. The van der Waals surface area contributed by atoms with Crippen LogP contribution in [0.4, 0.5) is 4.39 Å². The van der Waals surface area contributed by atoms with Gasteiger partial charge in [-0.15, -0.1) is 0 Å². The molecule has 0 aromatic heterocycles. The van der Waals surface area contributed by atoms with Crippen LogP contribution in [0.25, 0.3) is 0 Å². The molecule has 166 valence electrons. The Kier molecular flexibility index (Phi) is 6.63. The van der Waals surface area contributed by atoms with Crippen LogP contribution in [-0.4, -0.2) is 43.1 Å². The summed E-state index contributed by atoms with van der Waals surface area (Å²) in [4.78, 5) is 25.0. The van der Waals surface area contributed by atoms with Crippen molar-refractivity contribution in [3.8, 4) is 11.8 Å². The molecular formula is C22H26ClFN4O3. The van der Waals surface area contributed by atoms with Crippen LogP contribution in [0, 0.1) is 34.9 Å². The smallest absolute Gasteiger partial charge is 0.258 e. The van der Waals surface area contributed by atoms with Crippen LogP contribution in [0.5, 0.6) is 5.75 Å². The predicted molar refractivity (Wildman–Crippen MR) is 112 cm³/mol. The van der Waals surface area contributed by atoms with Crippen molar-refractivity contribution in [3.05, 3.63) is 29.0 Å². The highest BCUT2D eigenvalue weighted by atomic mass is 35.5. The zero-order valence-electron chi connectivity index (χ0n) is 17.1. The minimum Gasteiger partial charge on any atom is -0.484 e. The van der Waals surface area contributed by atoms with E-state index in [2.05, 4.69) is 22.0 Å². The van der Waals surface area contributed by atoms with E-state index in [-0.39, 0.29) is 53.2 Å². The number of amides is 2. The molecule has 7 nitrogen and oxygen atoms in total. The van der Waals surface area contributed by atoms with Gasteiger partial charge in [-0.1, -0.05) is 11.6 Å². The van der Waals surface area contributed by atoms with Gasteiger partial charge in [-0.05, 0) is 56.1 Å². The maximum Gasteiger partial charge on any atom is 0.258 e. The van der Waals surface area contributed by atoms with Gasteiger partial charge in [0, 0.05) is 24.7 Å². The van der Waals surface area contributed by atoms with E-state index in [0.717, 1.165) is 25.3 Å². The molecule has 0 spiro atoms. The molecule has 3 aliphatic rings. The lowest BCUT2D eigenvalue weighted by molar-refractivity contribution is -0.125. The number of fused-ring (bicyclic) bond motifs is 1. The van der Waals surface area contributed by atoms with E-state index < -0.39 is 5.82 Å². The van der Waals surface area contributed by atoms with Crippen LogP contribution in [0.2, 0.25) is 5.02 Å². The van der Waals surface area contributed by atoms with Gasteiger partial charge in [0.25, 0.3) is 5.91 Å². The molecule has 31 heavy (non-hydrogen) atoms. The maximum absolute atomic E-state index is 13.5. The van der Waals surface area contributed by atoms with Crippen LogP contribution in [0.1, 0.15) is 32.1 Å². The van der Waals surface area contributed by atoms with Crippen LogP contribution in [0.15, 0.2) is 18.2 Å². The number of carbonyl (C=O) groups is 2. The number of hydrogen-bond donors (Lipinski definition) is 3. The summed E-state index contributed by atoms with van der Waals surface area (Å²) < 4.78 is 18.9. The average molecular weight is 449 g/mol. The highest BCUT2D eigenvalue weighted by Gasteiger charge is 2.49. The zero-order chi connectivity index (χ0) is 22.0. The van der Waals surface area contributed by atoms with Gasteiger partial charge in [0.05, 0.1) is 23.1 Å². The summed E-state index contributed by atoms with van der Waals surface area (Å²) in [7, 11) is 0. The van der Waals surface area contributed by atoms with Gasteiger partial charge >= 0.3 is 0 Å². The third-order valence-corrected chi connectivity index (χ3v) is 7.08. The Morgan fingerprint density at radius 2 is 1.94 bits per heavy atom. The quantitative estimate of drug-likeness (QED) is 0.618. The lowest BCUT2D eigenvalue weighted by Gasteiger charge is -2.37. The van der Waals surface area contributed by atoms with Gasteiger partial charge in [-0.3, -0.25) is 9.59 Å². The third-order valence-electron chi connectivity index (χ3n) is 6.77. The van der Waals surface area contributed by atoms with Gasteiger partial charge in [0.1, 0.15) is 11.6 Å². The lowest BCUT2D eigenvalue weighted by Crippen LogP contribution is -2.52. The fourth-order valence-electron chi connectivity index (χ4n) is 4.94. The fraction of sp³-hybridized carbons (Fsp3) is 0.591. The molecule has 9 heteroatoms. The number of benzene rings is 1. The van der Waals surface area contributed by atoms with Crippen molar-refractivity contribution in [1.29, 1.82) is 5.26 Å². The highest BCUT2D eigenvalue weighted by Crippen LogP contribution is 2.47.